The summed E-state index contributed by atoms with van der Waals surface area (Å²) < 4.78 is 59.7. The van der Waals surface area contributed by atoms with Crippen LogP contribution in [-0.4, -0.2) is 26.1 Å². The van der Waals surface area contributed by atoms with E-state index in [0.29, 0.717) is 0 Å². The van der Waals surface area contributed by atoms with Crippen molar-refractivity contribution in [1.82, 2.24) is 0 Å². The van der Waals surface area contributed by atoms with Crippen LogP contribution < -0.4 is 4.74 Å². The first-order chi connectivity index (χ1) is 13.3. The normalized spacial score (nSPS) is 11.2. The summed E-state index contributed by atoms with van der Waals surface area (Å²) in [6, 6.07) is 14.8. The van der Waals surface area contributed by atoms with Crippen molar-refractivity contribution in [2.45, 2.75) is 9.79 Å². The first kappa shape index (κ1) is 19.5. The van der Waals surface area contributed by atoms with E-state index in [0.717, 1.165) is 12.1 Å². The Bertz CT molecular complexity index is 1110. The van der Waals surface area contributed by atoms with Gasteiger partial charge in [0, 0.05) is 5.56 Å². The Morgan fingerprint density at radius 2 is 1.50 bits per heavy atom. The van der Waals surface area contributed by atoms with Gasteiger partial charge in [0.05, 0.1) is 4.90 Å². The largest absolute Gasteiger partial charge is 0.481 e. The smallest absolute Gasteiger partial charge is 0.341 e. The molecule has 0 unspecified atom stereocenters. The maximum atomic E-state index is 14.7. The molecule has 0 heterocycles. The lowest BCUT2D eigenvalue weighted by atomic mass is 10.0. The minimum Gasteiger partial charge on any atom is -0.481 e. The van der Waals surface area contributed by atoms with Gasteiger partial charge >= 0.3 is 5.97 Å². The fourth-order valence-corrected chi connectivity index (χ4v) is 4.04. The number of carbonyl (C=O) groups is 1. The molecular weight excluding hydrogens is 390 g/mol. The molecule has 3 aromatic carbocycles. The maximum absolute atomic E-state index is 14.7. The number of sulfone groups is 1. The average Bonchev–Trinajstić information content (AvgIpc) is 2.66. The molecule has 0 bridgehead atoms. The molecule has 0 aliphatic rings. The minimum atomic E-state index is -4.39. The first-order valence-electron chi connectivity index (χ1n) is 8.04. The summed E-state index contributed by atoms with van der Waals surface area (Å²) in [5.74, 6) is -3.63. The molecule has 0 amide bonds. The van der Waals surface area contributed by atoms with Crippen LogP contribution in [0, 0.1) is 11.6 Å². The molecule has 0 radical (unpaired) electrons. The van der Waals surface area contributed by atoms with Crippen molar-refractivity contribution in [1.29, 1.82) is 0 Å². The predicted octanol–water partition coefficient (Wildman–Crippen LogP) is 3.93. The molecule has 0 aliphatic heterocycles. The molecular formula is C20H14F2O5S. The van der Waals surface area contributed by atoms with E-state index in [1.54, 1.807) is 18.2 Å². The minimum absolute atomic E-state index is 0.0167. The fourth-order valence-electron chi connectivity index (χ4n) is 2.66. The van der Waals surface area contributed by atoms with E-state index < -0.39 is 38.9 Å². The van der Waals surface area contributed by atoms with Crippen LogP contribution >= 0.6 is 0 Å². The van der Waals surface area contributed by atoms with Crippen LogP contribution in [-0.2, 0) is 14.6 Å². The van der Waals surface area contributed by atoms with Gasteiger partial charge < -0.3 is 9.84 Å². The highest BCUT2D eigenvalue weighted by molar-refractivity contribution is 7.91. The summed E-state index contributed by atoms with van der Waals surface area (Å²) >= 11 is 0. The zero-order valence-electron chi connectivity index (χ0n) is 14.3. The number of benzene rings is 3. The molecule has 144 valence electrons. The molecule has 28 heavy (non-hydrogen) atoms. The molecule has 0 saturated carbocycles. The molecule has 0 aromatic heterocycles. The molecule has 0 atom stereocenters. The molecule has 5 nitrogen and oxygen atoms in total. The lowest BCUT2D eigenvalue weighted by Crippen LogP contribution is -2.10. The lowest BCUT2D eigenvalue weighted by molar-refractivity contribution is -0.139. The van der Waals surface area contributed by atoms with Crippen molar-refractivity contribution in [2.24, 2.45) is 0 Å². The average molecular weight is 404 g/mol. The maximum Gasteiger partial charge on any atom is 0.341 e. The topological polar surface area (TPSA) is 80.7 Å². The number of hydrogen-bond donors (Lipinski definition) is 1. The third-order valence-corrected chi connectivity index (χ3v) is 5.69. The SMILES string of the molecule is O=C(O)COc1ccccc1-c1cc(F)c(S(=O)(=O)c2ccccc2)c(F)c1. The Morgan fingerprint density at radius 1 is 0.929 bits per heavy atom. The van der Waals surface area contributed by atoms with Crippen molar-refractivity contribution < 1.29 is 31.8 Å². The summed E-state index contributed by atoms with van der Waals surface area (Å²) in [5.41, 5.74) is 0.244. The molecule has 0 saturated heterocycles. The second kappa shape index (κ2) is 7.77. The van der Waals surface area contributed by atoms with Gasteiger partial charge in [-0.25, -0.2) is 22.0 Å². The van der Waals surface area contributed by atoms with Crippen LogP contribution in [0.1, 0.15) is 0 Å². The third kappa shape index (κ3) is 3.86. The van der Waals surface area contributed by atoms with Gasteiger partial charge in [0.15, 0.2) is 6.61 Å². The molecule has 0 fully saturated rings. The van der Waals surface area contributed by atoms with Gasteiger partial charge in [-0.3, -0.25) is 0 Å². The van der Waals surface area contributed by atoms with Gasteiger partial charge in [-0.15, -0.1) is 0 Å². The number of para-hydroxylation sites is 1. The number of halogens is 2. The first-order valence-corrected chi connectivity index (χ1v) is 9.52. The molecule has 3 aromatic rings. The van der Waals surface area contributed by atoms with Gasteiger partial charge in [-0.2, -0.15) is 0 Å². The van der Waals surface area contributed by atoms with E-state index in [1.165, 1.54) is 36.4 Å². The summed E-state index contributed by atoms with van der Waals surface area (Å²) in [6.45, 7) is -0.636. The molecule has 1 N–H and O–H groups in total. The second-order valence-corrected chi connectivity index (χ2v) is 7.65. The van der Waals surface area contributed by atoms with Gasteiger partial charge in [-0.1, -0.05) is 36.4 Å². The highest BCUT2D eigenvalue weighted by atomic mass is 32.2. The third-order valence-electron chi connectivity index (χ3n) is 3.87. The van der Waals surface area contributed by atoms with E-state index >= 15 is 0 Å². The Morgan fingerprint density at radius 3 is 2.11 bits per heavy atom. The van der Waals surface area contributed by atoms with Crippen LogP contribution in [0.15, 0.2) is 76.5 Å². The van der Waals surface area contributed by atoms with Crippen LogP contribution in [0.3, 0.4) is 0 Å². The monoisotopic (exact) mass is 404 g/mol. The van der Waals surface area contributed by atoms with Crippen LogP contribution in [0.4, 0.5) is 8.78 Å². The zero-order chi connectivity index (χ0) is 20.3. The highest BCUT2D eigenvalue weighted by Gasteiger charge is 2.27. The summed E-state index contributed by atoms with van der Waals surface area (Å²) in [6.07, 6.45) is 0. The Labute approximate surface area is 159 Å². The molecule has 0 spiro atoms. The van der Waals surface area contributed by atoms with E-state index in [2.05, 4.69) is 0 Å². The van der Waals surface area contributed by atoms with Crippen molar-refractivity contribution in [3.8, 4) is 16.9 Å². The highest BCUT2D eigenvalue weighted by Crippen LogP contribution is 2.34. The molecule has 8 heteroatoms. The fraction of sp³-hybridized carbons (Fsp3) is 0.0500. The standard InChI is InChI=1S/C20H14F2O5S/c21-16-10-13(15-8-4-5-9-18(15)27-12-19(23)24)11-17(22)20(16)28(25,26)14-6-2-1-3-7-14/h1-11H,12H2,(H,23,24). The number of aliphatic carboxylic acids is 1. The summed E-state index contributed by atoms with van der Waals surface area (Å²) in [5, 5.41) is 8.75. The number of ether oxygens (including phenoxy) is 1. The van der Waals surface area contributed by atoms with E-state index in [9.17, 15) is 22.0 Å². The Hall–Kier alpha value is -3.26. The lowest BCUT2D eigenvalue weighted by Gasteiger charge is -2.13. The van der Waals surface area contributed by atoms with Crippen molar-refractivity contribution >= 4 is 15.8 Å². The molecule has 0 aliphatic carbocycles. The summed E-state index contributed by atoms with van der Waals surface area (Å²) in [7, 11) is -4.39. The van der Waals surface area contributed by atoms with Crippen LogP contribution in [0.2, 0.25) is 0 Å². The predicted molar refractivity (Wildman–Crippen MR) is 96.8 cm³/mol. The quantitative estimate of drug-likeness (QED) is 0.673. The number of hydrogen-bond acceptors (Lipinski definition) is 4. The number of carboxylic acid groups (broad SMARTS) is 1. The van der Waals surface area contributed by atoms with Gasteiger partial charge in [-0.05, 0) is 35.9 Å². The van der Waals surface area contributed by atoms with Gasteiger partial charge in [0.25, 0.3) is 0 Å². The van der Waals surface area contributed by atoms with E-state index in [1.807, 2.05) is 0 Å². The molecule has 3 rings (SSSR count). The van der Waals surface area contributed by atoms with E-state index in [-0.39, 0.29) is 21.8 Å². The van der Waals surface area contributed by atoms with Crippen LogP contribution in [0.25, 0.3) is 11.1 Å². The van der Waals surface area contributed by atoms with E-state index in [4.69, 9.17) is 9.84 Å². The zero-order valence-corrected chi connectivity index (χ0v) is 15.1. The number of rotatable bonds is 6. The second-order valence-electron chi connectivity index (χ2n) is 5.76. The van der Waals surface area contributed by atoms with Crippen molar-refractivity contribution in [2.75, 3.05) is 6.61 Å². The Balaban J connectivity index is 2.08. The van der Waals surface area contributed by atoms with Gasteiger partial charge in [0.1, 0.15) is 22.3 Å². The number of carboxylic acids is 1. The summed E-state index contributed by atoms with van der Waals surface area (Å²) in [4.78, 5) is 9.43. The van der Waals surface area contributed by atoms with Crippen molar-refractivity contribution in [3.63, 3.8) is 0 Å². The van der Waals surface area contributed by atoms with Gasteiger partial charge in [0.2, 0.25) is 9.84 Å². The Kier molecular flexibility index (Phi) is 5.41. The van der Waals surface area contributed by atoms with Crippen LogP contribution in [0.5, 0.6) is 5.75 Å². The van der Waals surface area contributed by atoms with Crippen molar-refractivity contribution in [3.05, 3.63) is 78.4 Å².